The molecule has 0 amide bonds. The second kappa shape index (κ2) is 7.22. The lowest BCUT2D eigenvalue weighted by Crippen LogP contribution is -2.29. The van der Waals surface area contributed by atoms with Crippen molar-refractivity contribution in [2.24, 2.45) is 0 Å². The van der Waals surface area contributed by atoms with Gasteiger partial charge in [-0.2, -0.15) is 0 Å². The molecule has 0 saturated heterocycles. The van der Waals surface area contributed by atoms with Gasteiger partial charge in [0.15, 0.2) is 0 Å². The van der Waals surface area contributed by atoms with Crippen LogP contribution in [0.4, 0.5) is 0 Å². The summed E-state index contributed by atoms with van der Waals surface area (Å²) in [6.07, 6.45) is 5.65. The minimum atomic E-state index is -0.233. The number of halogens is 2. The Bertz CT molecular complexity index is 801. The molecule has 1 unspecified atom stereocenters. The molecule has 24 heavy (non-hydrogen) atoms. The molecule has 0 fully saturated rings. The standard InChI is InChI=1S/C19H18Cl2N2S/c1-19(2,16-9-8-14(20)12-17(16)21)18(23-11-10-22-13-23)24-15-6-4-3-5-7-15/h3-13,18H,1-2H3. The fourth-order valence-electron chi connectivity index (χ4n) is 2.76. The highest BCUT2D eigenvalue weighted by Crippen LogP contribution is 2.47. The first-order chi connectivity index (χ1) is 11.5. The van der Waals surface area contributed by atoms with Crippen molar-refractivity contribution < 1.29 is 0 Å². The molecule has 0 saturated carbocycles. The lowest BCUT2D eigenvalue weighted by Gasteiger charge is -2.36. The van der Waals surface area contributed by atoms with Gasteiger partial charge >= 0.3 is 0 Å². The summed E-state index contributed by atoms with van der Waals surface area (Å²) >= 11 is 14.4. The number of imidazole rings is 1. The maximum absolute atomic E-state index is 6.50. The quantitative estimate of drug-likeness (QED) is 0.475. The predicted molar refractivity (Wildman–Crippen MR) is 103 cm³/mol. The Morgan fingerprint density at radius 1 is 1.08 bits per heavy atom. The van der Waals surface area contributed by atoms with Gasteiger partial charge in [0.2, 0.25) is 0 Å². The van der Waals surface area contributed by atoms with Crippen molar-refractivity contribution in [3.8, 4) is 0 Å². The third-order valence-electron chi connectivity index (χ3n) is 4.03. The number of rotatable bonds is 5. The molecule has 0 radical (unpaired) electrons. The Morgan fingerprint density at radius 3 is 2.46 bits per heavy atom. The first kappa shape index (κ1) is 17.4. The average molecular weight is 377 g/mol. The molecular formula is C19H18Cl2N2S. The Labute approximate surface area is 156 Å². The molecule has 1 heterocycles. The zero-order chi connectivity index (χ0) is 17.2. The van der Waals surface area contributed by atoms with E-state index in [-0.39, 0.29) is 10.8 Å². The van der Waals surface area contributed by atoms with Crippen LogP contribution in [0, 0.1) is 0 Å². The van der Waals surface area contributed by atoms with Crippen molar-refractivity contribution in [3.63, 3.8) is 0 Å². The van der Waals surface area contributed by atoms with E-state index in [0.29, 0.717) is 10.0 Å². The predicted octanol–water partition coefficient (Wildman–Crippen LogP) is 6.46. The number of thioether (sulfide) groups is 1. The SMILES string of the molecule is CC(C)(c1ccc(Cl)cc1Cl)C(Sc1ccccc1)n1ccnc1. The van der Waals surface area contributed by atoms with Gasteiger partial charge in [0.1, 0.15) is 0 Å². The van der Waals surface area contributed by atoms with Crippen LogP contribution in [-0.4, -0.2) is 9.55 Å². The van der Waals surface area contributed by atoms with E-state index in [9.17, 15) is 0 Å². The van der Waals surface area contributed by atoms with E-state index in [0.717, 1.165) is 5.56 Å². The highest BCUT2D eigenvalue weighted by atomic mass is 35.5. The van der Waals surface area contributed by atoms with Crippen molar-refractivity contribution in [3.05, 3.63) is 82.9 Å². The molecule has 124 valence electrons. The molecule has 1 aromatic heterocycles. The normalized spacial score (nSPS) is 13.0. The molecule has 3 aromatic rings. The second-order valence-electron chi connectivity index (χ2n) is 6.14. The lowest BCUT2D eigenvalue weighted by atomic mass is 9.84. The number of benzene rings is 2. The van der Waals surface area contributed by atoms with Crippen molar-refractivity contribution in [2.45, 2.75) is 29.5 Å². The van der Waals surface area contributed by atoms with Gasteiger partial charge < -0.3 is 4.57 Å². The Hall–Kier alpha value is -1.42. The monoisotopic (exact) mass is 376 g/mol. The third kappa shape index (κ3) is 3.64. The summed E-state index contributed by atoms with van der Waals surface area (Å²) < 4.78 is 2.13. The van der Waals surface area contributed by atoms with Crippen molar-refractivity contribution in [1.82, 2.24) is 9.55 Å². The summed E-state index contributed by atoms with van der Waals surface area (Å²) in [7, 11) is 0. The van der Waals surface area contributed by atoms with Gasteiger partial charge in [0, 0.05) is 32.7 Å². The molecule has 0 N–H and O–H groups in total. The van der Waals surface area contributed by atoms with Gasteiger partial charge in [0.05, 0.1) is 11.7 Å². The average Bonchev–Trinajstić information content (AvgIpc) is 3.07. The highest BCUT2D eigenvalue weighted by molar-refractivity contribution is 7.99. The zero-order valence-electron chi connectivity index (χ0n) is 13.5. The van der Waals surface area contributed by atoms with Crippen LogP contribution < -0.4 is 0 Å². The third-order valence-corrected chi connectivity index (χ3v) is 6.18. The Kier molecular flexibility index (Phi) is 5.24. The summed E-state index contributed by atoms with van der Waals surface area (Å²) in [6.45, 7) is 4.39. The van der Waals surface area contributed by atoms with E-state index >= 15 is 0 Å². The van der Waals surface area contributed by atoms with Crippen LogP contribution >= 0.6 is 35.0 Å². The maximum atomic E-state index is 6.50. The van der Waals surface area contributed by atoms with E-state index in [4.69, 9.17) is 23.2 Å². The minimum absolute atomic E-state index is 0.0982. The largest absolute Gasteiger partial charge is 0.324 e. The van der Waals surface area contributed by atoms with Gasteiger partial charge in [-0.1, -0.05) is 73.1 Å². The second-order valence-corrected chi connectivity index (χ2v) is 8.14. The highest BCUT2D eigenvalue weighted by Gasteiger charge is 2.35. The maximum Gasteiger partial charge on any atom is 0.0956 e. The van der Waals surface area contributed by atoms with Gasteiger partial charge in [-0.05, 0) is 29.8 Å². The van der Waals surface area contributed by atoms with Crippen molar-refractivity contribution in [2.75, 3.05) is 0 Å². The molecule has 2 nitrogen and oxygen atoms in total. The molecule has 0 aliphatic rings. The van der Waals surface area contributed by atoms with E-state index in [1.165, 1.54) is 4.90 Å². The molecule has 0 spiro atoms. The number of aromatic nitrogens is 2. The van der Waals surface area contributed by atoms with Crippen molar-refractivity contribution >= 4 is 35.0 Å². The van der Waals surface area contributed by atoms with E-state index in [1.54, 1.807) is 24.0 Å². The topological polar surface area (TPSA) is 17.8 Å². The summed E-state index contributed by atoms with van der Waals surface area (Å²) in [6, 6.07) is 16.1. The van der Waals surface area contributed by atoms with Crippen LogP contribution in [0.3, 0.4) is 0 Å². The first-order valence-electron chi connectivity index (χ1n) is 7.63. The molecule has 2 aromatic carbocycles. The van der Waals surface area contributed by atoms with E-state index in [2.05, 4.69) is 47.7 Å². The van der Waals surface area contributed by atoms with Crippen molar-refractivity contribution in [1.29, 1.82) is 0 Å². The van der Waals surface area contributed by atoms with Gasteiger partial charge in [-0.3, -0.25) is 0 Å². The summed E-state index contributed by atoms with van der Waals surface area (Å²) in [4.78, 5) is 5.43. The van der Waals surface area contributed by atoms with Crippen LogP contribution in [0.15, 0.2) is 72.1 Å². The Balaban J connectivity index is 2.03. The van der Waals surface area contributed by atoms with Crippen LogP contribution in [0.5, 0.6) is 0 Å². The molecule has 0 aliphatic carbocycles. The lowest BCUT2D eigenvalue weighted by molar-refractivity contribution is 0.421. The number of hydrogen-bond acceptors (Lipinski definition) is 2. The summed E-state index contributed by atoms with van der Waals surface area (Å²) in [5, 5.41) is 1.43. The van der Waals surface area contributed by atoms with Crippen LogP contribution in [0.25, 0.3) is 0 Å². The van der Waals surface area contributed by atoms with E-state index < -0.39 is 0 Å². The smallest absolute Gasteiger partial charge is 0.0956 e. The molecule has 5 heteroatoms. The Morgan fingerprint density at radius 2 is 1.83 bits per heavy atom. The fraction of sp³-hybridized carbons (Fsp3) is 0.211. The molecular weight excluding hydrogens is 359 g/mol. The molecule has 0 aliphatic heterocycles. The molecule has 3 rings (SSSR count). The zero-order valence-corrected chi connectivity index (χ0v) is 15.8. The van der Waals surface area contributed by atoms with Crippen LogP contribution in [-0.2, 0) is 5.41 Å². The molecule has 0 bridgehead atoms. The van der Waals surface area contributed by atoms with E-state index in [1.807, 2.05) is 30.7 Å². The minimum Gasteiger partial charge on any atom is -0.324 e. The van der Waals surface area contributed by atoms with Crippen LogP contribution in [0.2, 0.25) is 10.0 Å². The van der Waals surface area contributed by atoms with Gasteiger partial charge in [0.25, 0.3) is 0 Å². The number of hydrogen-bond donors (Lipinski definition) is 0. The van der Waals surface area contributed by atoms with Crippen LogP contribution in [0.1, 0.15) is 24.8 Å². The fourth-order valence-corrected chi connectivity index (χ4v) is 4.65. The van der Waals surface area contributed by atoms with Gasteiger partial charge in [-0.15, -0.1) is 0 Å². The summed E-state index contributed by atoms with van der Waals surface area (Å²) in [5.41, 5.74) is 0.832. The first-order valence-corrected chi connectivity index (χ1v) is 9.27. The molecule has 1 atom stereocenters. The van der Waals surface area contributed by atoms with Gasteiger partial charge in [-0.25, -0.2) is 4.98 Å². The summed E-state index contributed by atoms with van der Waals surface area (Å²) in [5.74, 6) is 0. The number of nitrogens with zero attached hydrogens (tertiary/aromatic N) is 2.